The van der Waals surface area contributed by atoms with E-state index < -0.39 is 18.6 Å². The molecule has 0 spiro atoms. The molecule has 0 amide bonds. The fraction of sp³-hybridized carbons (Fsp3) is 0.222. The minimum atomic E-state index is -1.02. The molecule has 0 saturated heterocycles. The molecule has 2 aromatic rings. The van der Waals surface area contributed by atoms with E-state index in [1.807, 2.05) is 0 Å². The lowest BCUT2D eigenvalue weighted by atomic mass is 9.92. The van der Waals surface area contributed by atoms with Crippen molar-refractivity contribution in [2.45, 2.75) is 12.0 Å². The number of hydrogen-bond donors (Lipinski definition) is 4. The third-order valence-electron chi connectivity index (χ3n) is 3.52. The number of hydrogen-bond acceptors (Lipinski definition) is 5. The van der Waals surface area contributed by atoms with Gasteiger partial charge in [0.15, 0.2) is 0 Å². The Morgan fingerprint density at radius 3 is 2.35 bits per heavy atom. The molecule has 0 aliphatic carbocycles. The lowest BCUT2D eigenvalue weighted by Gasteiger charge is -2.19. The normalized spacial score (nSPS) is 13.9. The van der Waals surface area contributed by atoms with Crippen LogP contribution in [0.15, 0.2) is 48.5 Å². The minimum Gasteiger partial charge on any atom is -0.508 e. The fourth-order valence-electron chi connectivity index (χ4n) is 2.29. The summed E-state index contributed by atoms with van der Waals surface area (Å²) < 4.78 is 5.12. The zero-order valence-electron chi connectivity index (χ0n) is 12.8. The number of rotatable bonds is 6. The van der Waals surface area contributed by atoms with Gasteiger partial charge in [0, 0.05) is 12.0 Å². The Labute approximate surface area is 134 Å². The average Bonchev–Trinajstić information content (AvgIpc) is 2.55. The molecule has 0 heterocycles. The number of methoxy groups -OCH3 is 1. The molecule has 0 radical (unpaired) electrons. The van der Waals surface area contributed by atoms with Crippen LogP contribution in [0.3, 0.4) is 0 Å². The van der Waals surface area contributed by atoms with Crippen LogP contribution in [-0.2, 0) is 0 Å². The summed E-state index contributed by atoms with van der Waals surface area (Å²) in [5.41, 5.74) is 1.46. The predicted octanol–water partition coefficient (Wildman–Crippen LogP) is 2.26. The maximum atomic E-state index is 10.1. The van der Waals surface area contributed by atoms with Crippen LogP contribution in [-0.4, -0.2) is 40.2 Å². The number of phenolic OH excluding ortho intramolecular Hbond substituents is 2. The van der Waals surface area contributed by atoms with Crippen molar-refractivity contribution >= 4 is 6.08 Å². The summed E-state index contributed by atoms with van der Waals surface area (Å²) in [6.07, 6.45) is 2.50. The highest BCUT2D eigenvalue weighted by Gasteiger charge is 2.19. The Kier molecular flexibility index (Phi) is 5.62. The van der Waals surface area contributed by atoms with Crippen LogP contribution in [0.2, 0.25) is 0 Å². The zero-order chi connectivity index (χ0) is 16.8. The van der Waals surface area contributed by atoms with Crippen molar-refractivity contribution in [1.82, 2.24) is 0 Å². The van der Waals surface area contributed by atoms with Gasteiger partial charge in [0.25, 0.3) is 0 Å². The Bertz CT molecular complexity index is 664. The van der Waals surface area contributed by atoms with Gasteiger partial charge < -0.3 is 25.2 Å². The molecule has 0 bridgehead atoms. The van der Waals surface area contributed by atoms with Gasteiger partial charge in [-0.25, -0.2) is 0 Å². The first-order valence-electron chi connectivity index (χ1n) is 7.17. The molecule has 0 saturated carbocycles. The van der Waals surface area contributed by atoms with Gasteiger partial charge in [-0.15, -0.1) is 0 Å². The number of aliphatic hydroxyl groups excluding tert-OH is 2. The second kappa shape index (κ2) is 7.67. The fourth-order valence-corrected chi connectivity index (χ4v) is 2.29. The van der Waals surface area contributed by atoms with Crippen LogP contribution >= 0.6 is 0 Å². The first-order chi connectivity index (χ1) is 11.0. The maximum Gasteiger partial charge on any atom is 0.122 e. The van der Waals surface area contributed by atoms with Gasteiger partial charge in [-0.1, -0.05) is 24.3 Å². The lowest BCUT2D eigenvalue weighted by molar-refractivity contribution is 0.0841. The van der Waals surface area contributed by atoms with E-state index in [4.69, 9.17) is 4.74 Å². The SMILES string of the molecule is COc1cc(O)cc([C@H](/C=C/c2ccc(O)cc2)[C@@H](O)CO)c1. The largest absolute Gasteiger partial charge is 0.508 e. The predicted molar refractivity (Wildman–Crippen MR) is 87.6 cm³/mol. The molecule has 0 aliphatic rings. The average molecular weight is 316 g/mol. The highest BCUT2D eigenvalue weighted by Crippen LogP contribution is 2.30. The van der Waals surface area contributed by atoms with Crippen molar-refractivity contribution < 1.29 is 25.2 Å². The van der Waals surface area contributed by atoms with E-state index in [1.54, 1.807) is 42.5 Å². The molecule has 2 aromatic carbocycles. The van der Waals surface area contributed by atoms with Crippen molar-refractivity contribution in [1.29, 1.82) is 0 Å². The van der Waals surface area contributed by atoms with E-state index in [1.165, 1.54) is 19.2 Å². The van der Waals surface area contributed by atoms with Gasteiger partial charge in [0.1, 0.15) is 17.2 Å². The number of ether oxygens (including phenoxy) is 1. The summed E-state index contributed by atoms with van der Waals surface area (Å²) >= 11 is 0. The third-order valence-corrected chi connectivity index (χ3v) is 3.52. The monoisotopic (exact) mass is 316 g/mol. The first-order valence-corrected chi connectivity index (χ1v) is 7.17. The van der Waals surface area contributed by atoms with E-state index in [-0.39, 0.29) is 11.5 Å². The number of phenols is 2. The topological polar surface area (TPSA) is 90.2 Å². The van der Waals surface area contributed by atoms with Crippen LogP contribution in [0.5, 0.6) is 17.2 Å². The van der Waals surface area contributed by atoms with Crippen molar-refractivity contribution in [3.05, 3.63) is 59.7 Å². The van der Waals surface area contributed by atoms with Crippen molar-refractivity contribution in [3.8, 4) is 17.2 Å². The lowest BCUT2D eigenvalue weighted by Crippen LogP contribution is -2.21. The highest BCUT2D eigenvalue weighted by atomic mass is 16.5. The quantitative estimate of drug-likeness (QED) is 0.656. The van der Waals surface area contributed by atoms with Gasteiger partial charge in [0.05, 0.1) is 19.8 Å². The maximum absolute atomic E-state index is 10.1. The Hall–Kier alpha value is -2.50. The molecular formula is C18H20O5. The molecular weight excluding hydrogens is 296 g/mol. The zero-order valence-corrected chi connectivity index (χ0v) is 12.8. The van der Waals surface area contributed by atoms with E-state index in [2.05, 4.69) is 0 Å². The van der Waals surface area contributed by atoms with Gasteiger partial charge in [0.2, 0.25) is 0 Å². The van der Waals surface area contributed by atoms with Crippen LogP contribution in [0.4, 0.5) is 0 Å². The van der Waals surface area contributed by atoms with Gasteiger partial charge in [-0.3, -0.25) is 0 Å². The molecule has 2 atom stereocenters. The minimum absolute atomic E-state index is 0.0209. The van der Waals surface area contributed by atoms with Gasteiger partial charge >= 0.3 is 0 Å². The summed E-state index contributed by atoms with van der Waals surface area (Å²) in [4.78, 5) is 0. The van der Waals surface area contributed by atoms with Gasteiger partial charge in [-0.2, -0.15) is 0 Å². The molecule has 0 aliphatic heterocycles. The van der Waals surface area contributed by atoms with E-state index >= 15 is 0 Å². The molecule has 23 heavy (non-hydrogen) atoms. The smallest absolute Gasteiger partial charge is 0.122 e. The second-order valence-corrected chi connectivity index (χ2v) is 5.19. The Morgan fingerprint density at radius 1 is 1.04 bits per heavy atom. The van der Waals surface area contributed by atoms with Gasteiger partial charge in [-0.05, 0) is 35.4 Å². The number of aromatic hydroxyl groups is 2. The summed E-state index contributed by atoms with van der Waals surface area (Å²) in [5, 5.41) is 38.4. The molecule has 5 nitrogen and oxygen atoms in total. The van der Waals surface area contributed by atoms with Crippen molar-refractivity contribution in [2.24, 2.45) is 0 Å². The molecule has 0 fully saturated rings. The molecule has 0 aromatic heterocycles. The Balaban J connectivity index is 2.33. The standard InChI is InChI=1S/C18H20O5/c1-23-16-9-13(8-15(21)10-16)17(18(22)11-19)7-4-12-2-5-14(20)6-3-12/h2-10,17-22H,11H2,1H3/b7-4+/t17-,18-/m0/s1. The molecule has 4 N–H and O–H groups in total. The molecule has 122 valence electrons. The number of aliphatic hydroxyl groups is 2. The van der Waals surface area contributed by atoms with Crippen LogP contribution in [0.1, 0.15) is 17.0 Å². The first kappa shape index (κ1) is 16.9. The summed E-state index contributed by atoms with van der Waals surface area (Å²) in [7, 11) is 1.49. The van der Waals surface area contributed by atoms with E-state index in [9.17, 15) is 20.4 Å². The summed E-state index contributed by atoms with van der Waals surface area (Å²) in [6, 6.07) is 11.3. The highest BCUT2D eigenvalue weighted by molar-refractivity contribution is 5.53. The van der Waals surface area contributed by atoms with E-state index in [0.29, 0.717) is 11.3 Å². The third kappa shape index (κ3) is 4.48. The second-order valence-electron chi connectivity index (χ2n) is 5.19. The van der Waals surface area contributed by atoms with Crippen LogP contribution in [0.25, 0.3) is 6.08 Å². The van der Waals surface area contributed by atoms with E-state index in [0.717, 1.165) is 5.56 Å². The van der Waals surface area contributed by atoms with Crippen molar-refractivity contribution in [3.63, 3.8) is 0 Å². The molecule has 0 unspecified atom stereocenters. The summed E-state index contributed by atoms with van der Waals surface area (Å²) in [5.74, 6) is 0.141. The number of benzene rings is 2. The van der Waals surface area contributed by atoms with Crippen molar-refractivity contribution in [2.75, 3.05) is 13.7 Å². The molecule has 5 heteroatoms. The van der Waals surface area contributed by atoms with Crippen LogP contribution in [0, 0.1) is 0 Å². The summed E-state index contributed by atoms with van der Waals surface area (Å²) in [6.45, 7) is -0.414. The molecule has 2 rings (SSSR count). The Morgan fingerprint density at radius 2 is 1.74 bits per heavy atom. The van der Waals surface area contributed by atoms with Crippen LogP contribution < -0.4 is 4.74 Å².